The van der Waals surface area contributed by atoms with Crippen molar-refractivity contribution in [3.8, 4) is 5.75 Å². The molecule has 4 saturated carbocycles. The standard InChI is InChI=1S/C34H52N2O3/c1-23(6-11-32(38)36-19-14-26(15-20-36)39-27-5-4-18-35-22-27)29-9-10-30-28-8-7-24-21-25(37)12-16-33(24,2)31(28)13-17-34(29,30)3/h4-5,18,22-26,28-31,37H,6-17,19-21H2,1-3H3/t23?,24-,25-,28-,29+,30-,31-,33-,34+/m0/s1. The molecule has 1 aromatic rings. The molecule has 1 N–H and O–H groups in total. The first kappa shape index (κ1) is 27.5. The van der Waals surface area contributed by atoms with Crippen molar-refractivity contribution in [1.82, 2.24) is 9.88 Å². The zero-order valence-electron chi connectivity index (χ0n) is 24.7. The third-order valence-electron chi connectivity index (χ3n) is 12.9. The van der Waals surface area contributed by atoms with Gasteiger partial charge in [0.05, 0.1) is 12.3 Å². The molecule has 2 heterocycles. The van der Waals surface area contributed by atoms with Gasteiger partial charge in [0.15, 0.2) is 0 Å². The van der Waals surface area contributed by atoms with Crippen molar-refractivity contribution in [3.05, 3.63) is 24.5 Å². The molecule has 0 spiro atoms. The second kappa shape index (κ2) is 11.0. The number of hydrogen-bond donors (Lipinski definition) is 1. The molecule has 6 rings (SSSR count). The number of hydrogen-bond acceptors (Lipinski definition) is 4. The Balaban J connectivity index is 1.01. The minimum absolute atomic E-state index is 0.0561. The van der Waals surface area contributed by atoms with E-state index in [4.69, 9.17) is 4.74 Å². The van der Waals surface area contributed by atoms with E-state index in [1.807, 2.05) is 12.1 Å². The number of aliphatic hydroxyl groups is 1. The first-order valence-corrected chi connectivity index (χ1v) is 16.3. The topological polar surface area (TPSA) is 62.7 Å². The predicted octanol–water partition coefficient (Wildman–Crippen LogP) is 6.89. The molecule has 1 aliphatic heterocycles. The molecule has 1 saturated heterocycles. The van der Waals surface area contributed by atoms with Crippen molar-refractivity contribution < 1.29 is 14.6 Å². The number of carbonyl (C=O) groups excluding carboxylic acids is 1. The lowest BCUT2D eigenvalue weighted by atomic mass is 9.44. The van der Waals surface area contributed by atoms with Gasteiger partial charge in [-0.2, -0.15) is 0 Å². The van der Waals surface area contributed by atoms with Crippen LogP contribution in [0.1, 0.15) is 104 Å². The fourth-order valence-electron chi connectivity index (χ4n) is 10.8. The molecule has 216 valence electrons. The number of aliphatic hydroxyl groups excluding tert-OH is 1. The molecule has 39 heavy (non-hydrogen) atoms. The van der Waals surface area contributed by atoms with Gasteiger partial charge in [0.1, 0.15) is 11.9 Å². The number of piperidine rings is 1. The fourth-order valence-corrected chi connectivity index (χ4v) is 10.8. The number of nitrogens with zero attached hydrogens (tertiary/aromatic N) is 2. The number of carbonyl (C=O) groups is 1. The van der Waals surface area contributed by atoms with E-state index in [9.17, 15) is 9.90 Å². The van der Waals surface area contributed by atoms with Gasteiger partial charge < -0.3 is 14.7 Å². The molecule has 1 amide bonds. The van der Waals surface area contributed by atoms with Gasteiger partial charge >= 0.3 is 0 Å². The Morgan fingerprint density at radius 2 is 1.82 bits per heavy atom. The van der Waals surface area contributed by atoms with Gasteiger partial charge in [-0.1, -0.05) is 20.8 Å². The van der Waals surface area contributed by atoms with Gasteiger partial charge in [0.25, 0.3) is 0 Å². The number of ether oxygens (including phenoxy) is 1. The van der Waals surface area contributed by atoms with Gasteiger partial charge in [0.2, 0.25) is 5.91 Å². The number of aromatic nitrogens is 1. The Morgan fingerprint density at radius 3 is 2.59 bits per heavy atom. The number of likely N-dealkylation sites (tertiary alicyclic amines) is 1. The van der Waals surface area contributed by atoms with Crippen LogP contribution in [0.15, 0.2) is 24.5 Å². The van der Waals surface area contributed by atoms with Crippen molar-refractivity contribution >= 4 is 5.91 Å². The lowest BCUT2D eigenvalue weighted by Crippen LogP contribution is -2.54. The van der Waals surface area contributed by atoms with E-state index in [1.54, 1.807) is 12.4 Å². The molecule has 0 radical (unpaired) electrons. The largest absolute Gasteiger partial charge is 0.489 e. The van der Waals surface area contributed by atoms with Gasteiger partial charge in [-0.3, -0.25) is 9.78 Å². The molecule has 0 bridgehead atoms. The third-order valence-corrected chi connectivity index (χ3v) is 12.9. The van der Waals surface area contributed by atoms with Crippen LogP contribution in [0, 0.1) is 46.3 Å². The van der Waals surface area contributed by atoms with E-state index in [0.29, 0.717) is 29.1 Å². The smallest absolute Gasteiger partial charge is 0.222 e. The lowest BCUT2D eigenvalue weighted by Gasteiger charge is -2.61. The predicted molar refractivity (Wildman–Crippen MR) is 154 cm³/mol. The Kier molecular flexibility index (Phi) is 7.76. The summed E-state index contributed by atoms with van der Waals surface area (Å²) in [5.41, 5.74) is 0.902. The minimum atomic E-state index is -0.0561. The zero-order chi connectivity index (χ0) is 27.2. The van der Waals surface area contributed by atoms with E-state index in [2.05, 4.69) is 30.7 Å². The highest BCUT2D eigenvalue weighted by Crippen LogP contribution is 2.68. The average Bonchev–Trinajstić information content (AvgIpc) is 3.30. The summed E-state index contributed by atoms with van der Waals surface area (Å²) >= 11 is 0. The van der Waals surface area contributed by atoms with E-state index in [0.717, 1.165) is 80.5 Å². The van der Waals surface area contributed by atoms with E-state index >= 15 is 0 Å². The number of rotatable bonds is 6. The summed E-state index contributed by atoms with van der Waals surface area (Å²) in [6.07, 6.45) is 18.7. The van der Waals surface area contributed by atoms with Crippen LogP contribution in [-0.4, -0.2) is 46.2 Å². The fraction of sp³-hybridized carbons (Fsp3) is 0.824. The lowest BCUT2D eigenvalue weighted by molar-refractivity contribution is -0.134. The highest BCUT2D eigenvalue weighted by molar-refractivity contribution is 5.76. The quantitative estimate of drug-likeness (QED) is 0.430. The molecule has 5 aliphatic rings. The van der Waals surface area contributed by atoms with Crippen molar-refractivity contribution in [3.63, 3.8) is 0 Å². The molecule has 5 heteroatoms. The van der Waals surface area contributed by atoms with Gasteiger partial charge in [-0.25, -0.2) is 0 Å². The molecule has 5 fully saturated rings. The highest BCUT2D eigenvalue weighted by atomic mass is 16.5. The number of amides is 1. The van der Waals surface area contributed by atoms with Gasteiger partial charge in [0, 0.05) is 38.5 Å². The first-order chi connectivity index (χ1) is 18.8. The van der Waals surface area contributed by atoms with Crippen LogP contribution in [0.3, 0.4) is 0 Å². The second-order valence-corrected chi connectivity index (χ2v) is 14.7. The third kappa shape index (κ3) is 5.15. The summed E-state index contributed by atoms with van der Waals surface area (Å²) in [6, 6.07) is 3.86. The van der Waals surface area contributed by atoms with Crippen LogP contribution >= 0.6 is 0 Å². The molecular formula is C34H52N2O3. The summed E-state index contributed by atoms with van der Waals surface area (Å²) in [6.45, 7) is 9.29. The number of pyridine rings is 1. The summed E-state index contributed by atoms with van der Waals surface area (Å²) in [7, 11) is 0. The van der Waals surface area contributed by atoms with Crippen molar-refractivity contribution in [1.29, 1.82) is 0 Å². The zero-order valence-corrected chi connectivity index (χ0v) is 24.7. The summed E-state index contributed by atoms with van der Waals surface area (Å²) in [4.78, 5) is 19.4. The van der Waals surface area contributed by atoms with E-state index in [-0.39, 0.29) is 12.2 Å². The van der Waals surface area contributed by atoms with Crippen molar-refractivity contribution in [2.24, 2.45) is 46.3 Å². The molecule has 0 aromatic carbocycles. The molecule has 4 aliphatic carbocycles. The maximum Gasteiger partial charge on any atom is 0.222 e. The highest BCUT2D eigenvalue weighted by Gasteiger charge is 2.60. The molecule has 9 atom stereocenters. The van der Waals surface area contributed by atoms with E-state index in [1.165, 1.54) is 44.9 Å². The van der Waals surface area contributed by atoms with Crippen molar-refractivity contribution in [2.45, 2.75) is 116 Å². The van der Waals surface area contributed by atoms with Crippen LogP contribution in [0.4, 0.5) is 0 Å². The monoisotopic (exact) mass is 536 g/mol. The summed E-state index contributed by atoms with van der Waals surface area (Å²) < 4.78 is 6.08. The van der Waals surface area contributed by atoms with Crippen LogP contribution in [0.2, 0.25) is 0 Å². The molecular weight excluding hydrogens is 484 g/mol. The SMILES string of the molecule is CC(CCC(=O)N1CCC(Oc2cccnc2)CC1)[C@H]1CC[C@H]2[C@@H]3CC[C@H]4C[C@@H](O)CC[C@]4(C)[C@H]3CC[C@]12C. The second-order valence-electron chi connectivity index (χ2n) is 14.7. The van der Waals surface area contributed by atoms with Crippen LogP contribution in [0.25, 0.3) is 0 Å². The Bertz CT molecular complexity index is 993. The average molecular weight is 537 g/mol. The van der Waals surface area contributed by atoms with Crippen LogP contribution < -0.4 is 4.74 Å². The summed E-state index contributed by atoms with van der Waals surface area (Å²) in [5, 5.41) is 10.3. The van der Waals surface area contributed by atoms with Gasteiger partial charge in [-0.15, -0.1) is 0 Å². The Morgan fingerprint density at radius 1 is 1.05 bits per heavy atom. The number of fused-ring (bicyclic) bond motifs is 5. The van der Waals surface area contributed by atoms with Gasteiger partial charge in [-0.05, 0) is 123 Å². The normalized spacial score (nSPS) is 41.3. The maximum absolute atomic E-state index is 13.2. The Labute approximate surface area is 236 Å². The van der Waals surface area contributed by atoms with E-state index < -0.39 is 0 Å². The molecule has 1 unspecified atom stereocenters. The Hall–Kier alpha value is -1.62. The first-order valence-electron chi connectivity index (χ1n) is 16.3. The maximum atomic E-state index is 13.2. The minimum Gasteiger partial charge on any atom is -0.489 e. The van der Waals surface area contributed by atoms with Crippen LogP contribution in [0.5, 0.6) is 5.75 Å². The van der Waals surface area contributed by atoms with Crippen LogP contribution in [-0.2, 0) is 4.79 Å². The molecule has 5 nitrogen and oxygen atoms in total. The molecule has 1 aromatic heterocycles. The summed E-state index contributed by atoms with van der Waals surface area (Å²) in [5.74, 6) is 5.89. The van der Waals surface area contributed by atoms with Crippen molar-refractivity contribution in [2.75, 3.05) is 13.1 Å².